The number of carboxylic acid groups (broad SMARTS) is 1. The van der Waals surface area contributed by atoms with E-state index in [2.05, 4.69) is 15.3 Å². The van der Waals surface area contributed by atoms with E-state index >= 15 is 0 Å². The topological polar surface area (TPSA) is 112 Å². The lowest BCUT2D eigenvalue weighted by Crippen LogP contribution is -2.22. The molecule has 1 amide bonds. The molecule has 0 saturated heterocycles. The highest BCUT2D eigenvalue weighted by Gasteiger charge is 2.10. The quantitative estimate of drug-likeness (QED) is 0.450. The van der Waals surface area contributed by atoms with Crippen LogP contribution in [-0.2, 0) is 13.0 Å². The van der Waals surface area contributed by atoms with Crippen LogP contribution in [0.5, 0.6) is 0 Å². The van der Waals surface area contributed by atoms with E-state index in [0.29, 0.717) is 29.6 Å². The third-order valence-electron chi connectivity index (χ3n) is 4.98. The molecule has 3 N–H and O–H groups in total. The van der Waals surface area contributed by atoms with Gasteiger partial charge in [-0.15, -0.1) is 0 Å². The zero-order valence-electron chi connectivity index (χ0n) is 16.5. The van der Waals surface area contributed by atoms with Crippen molar-refractivity contribution in [3.05, 3.63) is 111 Å². The number of benzene rings is 2. The van der Waals surface area contributed by atoms with Gasteiger partial charge in [0.05, 0.1) is 5.56 Å². The average Bonchev–Trinajstić information content (AvgIpc) is 2.78. The number of carbonyl (C=O) groups is 2. The van der Waals surface area contributed by atoms with E-state index in [9.17, 15) is 14.4 Å². The molecule has 2 aromatic carbocycles. The molecular formula is C24H19N3O4. The van der Waals surface area contributed by atoms with Gasteiger partial charge in [0.2, 0.25) is 0 Å². The maximum Gasteiger partial charge on any atom is 0.335 e. The summed E-state index contributed by atoms with van der Waals surface area (Å²) < 4.78 is 0. The lowest BCUT2D eigenvalue weighted by Gasteiger charge is -2.08. The molecule has 7 heteroatoms. The summed E-state index contributed by atoms with van der Waals surface area (Å²) in [5, 5.41) is 12.6. The Hall–Kier alpha value is -4.26. The molecular weight excluding hydrogens is 394 g/mol. The van der Waals surface area contributed by atoms with Crippen molar-refractivity contribution in [1.82, 2.24) is 15.3 Å². The number of aromatic nitrogens is 2. The number of carboxylic acids is 1. The fourth-order valence-corrected chi connectivity index (χ4v) is 3.29. The number of amides is 1. The predicted octanol–water partition coefficient (Wildman–Crippen LogP) is 3.14. The van der Waals surface area contributed by atoms with E-state index in [-0.39, 0.29) is 17.0 Å². The number of pyridine rings is 2. The Kier molecular flexibility index (Phi) is 5.57. The second-order valence-corrected chi connectivity index (χ2v) is 7.14. The zero-order valence-corrected chi connectivity index (χ0v) is 16.5. The fourth-order valence-electron chi connectivity index (χ4n) is 3.29. The number of nitrogens with one attached hydrogen (secondary N) is 2. The monoisotopic (exact) mass is 413 g/mol. The average molecular weight is 413 g/mol. The Labute approximate surface area is 177 Å². The van der Waals surface area contributed by atoms with E-state index in [1.807, 2.05) is 12.1 Å². The van der Waals surface area contributed by atoms with E-state index in [4.69, 9.17) is 5.11 Å². The number of hydrogen-bond donors (Lipinski definition) is 3. The van der Waals surface area contributed by atoms with Gasteiger partial charge < -0.3 is 15.4 Å². The zero-order chi connectivity index (χ0) is 21.8. The highest BCUT2D eigenvalue weighted by Crippen LogP contribution is 2.16. The van der Waals surface area contributed by atoms with Gasteiger partial charge in [-0.05, 0) is 65.0 Å². The molecule has 0 aliphatic rings. The number of carbonyl (C=O) groups excluding carboxylic acids is 1. The van der Waals surface area contributed by atoms with Crippen LogP contribution in [0.1, 0.15) is 37.4 Å². The predicted molar refractivity (Wildman–Crippen MR) is 116 cm³/mol. The van der Waals surface area contributed by atoms with Crippen molar-refractivity contribution in [1.29, 1.82) is 0 Å². The van der Waals surface area contributed by atoms with E-state index in [0.717, 1.165) is 16.5 Å². The molecule has 0 aliphatic heterocycles. The number of aromatic carboxylic acids is 1. The first-order chi connectivity index (χ1) is 15.0. The molecule has 2 aromatic heterocycles. The number of aromatic amines is 1. The van der Waals surface area contributed by atoms with Crippen LogP contribution in [0.4, 0.5) is 0 Å². The van der Waals surface area contributed by atoms with Crippen LogP contribution in [0.25, 0.3) is 10.9 Å². The van der Waals surface area contributed by atoms with Gasteiger partial charge in [0.1, 0.15) is 0 Å². The molecule has 0 atom stereocenters. The smallest absolute Gasteiger partial charge is 0.335 e. The Bertz CT molecular complexity index is 1310. The lowest BCUT2D eigenvalue weighted by atomic mass is 10.0. The minimum absolute atomic E-state index is 0.193. The van der Waals surface area contributed by atoms with Gasteiger partial charge in [0, 0.05) is 42.0 Å². The van der Waals surface area contributed by atoms with Crippen LogP contribution in [0.3, 0.4) is 0 Å². The van der Waals surface area contributed by atoms with Gasteiger partial charge in [-0.3, -0.25) is 14.6 Å². The number of nitrogens with zero attached hydrogens (tertiary/aromatic N) is 1. The minimum atomic E-state index is -0.996. The summed E-state index contributed by atoms with van der Waals surface area (Å²) in [6.45, 7) is 0.391. The van der Waals surface area contributed by atoms with Gasteiger partial charge in [0.25, 0.3) is 11.5 Å². The van der Waals surface area contributed by atoms with E-state index in [1.165, 1.54) is 12.1 Å². The Morgan fingerprint density at radius 2 is 1.61 bits per heavy atom. The first-order valence-electron chi connectivity index (χ1n) is 9.65. The largest absolute Gasteiger partial charge is 0.478 e. The molecule has 0 radical (unpaired) electrons. The van der Waals surface area contributed by atoms with Crippen LogP contribution in [0.15, 0.2) is 77.9 Å². The number of rotatable bonds is 6. The van der Waals surface area contributed by atoms with Gasteiger partial charge in [-0.25, -0.2) is 4.79 Å². The van der Waals surface area contributed by atoms with Crippen LogP contribution in [-0.4, -0.2) is 27.0 Å². The summed E-state index contributed by atoms with van der Waals surface area (Å²) in [4.78, 5) is 42.8. The summed E-state index contributed by atoms with van der Waals surface area (Å²) >= 11 is 0. The van der Waals surface area contributed by atoms with Gasteiger partial charge in [0.15, 0.2) is 0 Å². The molecule has 0 fully saturated rings. The number of hydrogen-bond acceptors (Lipinski definition) is 4. The molecule has 0 spiro atoms. The standard InChI is InChI=1S/C24H19N3O4/c28-22(26-14-16-7-9-25-10-8-16)18-5-6-21-19(12-18)13-20(23(29)27-21)11-15-1-3-17(4-2-15)24(30)31/h1-10,12-13H,11,14H2,(H,26,28)(H,27,29)(H,30,31). The van der Waals surface area contributed by atoms with Crippen LogP contribution < -0.4 is 10.9 Å². The summed E-state index contributed by atoms with van der Waals surface area (Å²) in [6, 6.07) is 17.0. The molecule has 2 heterocycles. The van der Waals surface area contributed by atoms with Crippen molar-refractivity contribution in [2.75, 3.05) is 0 Å². The van der Waals surface area contributed by atoms with Gasteiger partial charge in [-0.2, -0.15) is 0 Å². The maximum absolute atomic E-state index is 12.5. The first kappa shape index (κ1) is 20.0. The molecule has 0 aliphatic carbocycles. The Morgan fingerprint density at radius 3 is 2.32 bits per heavy atom. The molecule has 0 unspecified atom stereocenters. The summed E-state index contributed by atoms with van der Waals surface area (Å²) in [6.07, 6.45) is 3.69. The second-order valence-electron chi connectivity index (χ2n) is 7.14. The second kappa shape index (κ2) is 8.62. The molecule has 31 heavy (non-hydrogen) atoms. The Balaban J connectivity index is 1.55. The van der Waals surface area contributed by atoms with Crippen molar-refractivity contribution in [3.63, 3.8) is 0 Å². The normalized spacial score (nSPS) is 10.7. The summed E-state index contributed by atoms with van der Waals surface area (Å²) in [5.41, 5.74) is 3.41. The van der Waals surface area contributed by atoms with Crippen LogP contribution in [0, 0.1) is 0 Å². The lowest BCUT2D eigenvalue weighted by molar-refractivity contribution is 0.0696. The van der Waals surface area contributed by atoms with Crippen molar-refractivity contribution < 1.29 is 14.7 Å². The highest BCUT2D eigenvalue weighted by molar-refractivity contribution is 5.98. The highest BCUT2D eigenvalue weighted by atomic mass is 16.4. The molecule has 0 saturated carbocycles. The molecule has 4 aromatic rings. The van der Waals surface area contributed by atoms with Crippen molar-refractivity contribution >= 4 is 22.8 Å². The van der Waals surface area contributed by atoms with Crippen LogP contribution >= 0.6 is 0 Å². The van der Waals surface area contributed by atoms with Gasteiger partial charge in [-0.1, -0.05) is 12.1 Å². The third kappa shape index (κ3) is 4.67. The maximum atomic E-state index is 12.5. The van der Waals surface area contributed by atoms with Crippen molar-refractivity contribution in [3.8, 4) is 0 Å². The molecule has 4 rings (SSSR count). The number of fused-ring (bicyclic) bond motifs is 1. The number of H-pyrrole nitrogens is 1. The Morgan fingerprint density at radius 1 is 0.903 bits per heavy atom. The molecule has 154 valence electrons. The van der Waals surface area contributed by atoms with Crippen LogP contribution in [0.2, 0.25) is 0 Å². The van der Waals surface area contributed by atoms with E-state index in [1.54, 1.807) is 48.8 Å². The van der Waals surface area contributed by atoms with Gasteiger partial charge >= 0.3 is 5.97 Å². The van der Waals surface area contributed by atoms with E-state index < -0.39 is 5.97 Å². The van der Waals surface area contributed by atoms with Crippen molar-refractivity contribution in [2.24, 2.45) is 0 Å². The SMILES string of the molecule is O=C(O)c1ccc(Cc2cc3cc(C(=O)NCc4ccncc4)ccc3[nH]c2=O)cc1. The molecule has 0 bridgehead atoms. The van der Waals surface area contributed by atoms with Crippen molar-refractivity contribution in [2.45, 2.75) is 13.0 Å². The summed E-state index contributed by atoms with van der Waals surface area (Å²) in [5.74, 6) is -1.21. The fraction of sp³-hybridized carbons (Fsp3) is 0.0833. The minimum Gasteiger partial charge on any atom is -0.478 e. The summed E-state index contributed by atoms with van der Waals surface area (Å²) in [7, 11) is 0. The first-order valence-corrected chi connectivity index (χ1v) is 9.65. The molecule has 7 nitrogen and oxygen atoms in total. The third-order valence-corrected chi connectivity index (χ3v) is 4.98.